The highest BCUT2D eigenvalue weighted by Gasteiger charge is 2.14. The lowest BCUT2D eigenvalue weighted by Crippen LogP contribution is -2.06. The predicted molar refractivity (Wildman–Crippen MR) is 68.7 cm³/mol. The van der Waals surface area contributed by atoms with Crippen LogP contribution in [0.1, 0.15) is 45.0 Å². The van der Waals surface area contributed by atoms with Crippen LogP contribution in [0.15, 0.2) is 22.6 Å². The van der Waals surface area contributed by atoms with E-state index in [1.807, 2.05) is 24.5 Å². The van der Waals surface area contributed by atoms with E-state index >= 15 is 0 Å². The van der Waals surface area contributed by atoms with Gasteiger partial charge in [0.1, 0.15) is 5.76 Å². The van der Waals surface area contributed by atoms with Crippen molar-refractivity contribution in [3.63, 3.8) is 0 Å². The minimum absolute atomic E-state index is 0.0943. The van der Waals surface area contributed by atoms with Crippen LogP contribution in [-0.4, -0.2) is 21.9 Å². The van der Waals surface area contributed by atoms with Crippen LogP contribution < -0.4 is 0 Å². The molecule has 0 unspecified atom stereocenters. The zero-order valence-electron chi connectivity index (χ0n) is 10.8. The average molecular weight is 261 g/mol. The van der Waals surface area contributed by atoms with Gasteiger partial charge in [0.05, 0.1) is 12.2 Å². The molecule has 0 aromatic carbocycles. The molecule has 0 atom stereocenters. The lowest BCUT2D eigenvalue weighted by molar-refractivity contribution is 0.0660. The van der Waals surface area contributed by atoms with Crippen molar-refractivity contribution < 1.29 is 19.1 Å². The molecule has 0 fully saturated rings. The molecule has 0 saturated heterocycles. The Balaban J connectivity index is 2.34. The molecule has 0 bridgehead atoms. The predicted octanol–water partition coefficient (Wildman–Crippen LogP) is 2.51. The number of aromatic nitrogens is 1. The fourth-order valence-electron chi connectivity index (χ4n) is 2.13. The molecule has 2 aromatic heterocycles. The molecule has 5 heteroatoms. The van der Waals surface area contributed by atoms with Crippen LogP contribution in [0.2, 0.25) is 0 Å². The standard InChI is InChI=1S/C14H15NO4/c1-3-10-6-9(2)15(12(10)8-16)7-11-4-5-13(19-11)14(17)18/h4-6,8H,3,7H2,1-2H3,(H,17,18). The zero-order chi connectivity index (χ0) is 14.0. The molecule has 0 spiro atoms. The SMILES string of the molecule is CCc1cc(C)n(Cc2ccc(C(=O)O)o2)c1C=O. The summed E-state index contributed by atoms with van der Waals surface area (Å²) < 4.78 is 7.04. The largest absolute Gasteiger partial charge is 0.475 e. The zero-order valence-corrected chi connectivity index (χ0v) is 10.8. The molecular formula is C14H15NO4. The Labute approximate surface area is 110 Å². The van der Waals surface area contributed by atoms with E-state index in [-0.39, 0.29) is 5.76 Å². The molecule has 0 radical (unpaired) electrons. The third-order valence-electron chi connectivity index (χ3n) is 3.11. The van der Waals surface area contributed by atoms with E-state index in [0.717, 1.165) is 24.0 Å². The van der Waals surface area contributed by atoms with E-state index in [1.165, 1.54) is 6.07 Å². The Morgan fingerprint density at radius 1 is 1.47 bits per heavy atom. The normalized spacial score (nSPS) is 10.6. The smallest absolute Gasteiger partial charge is 0.371 e. The number of hydrogen-bond acceptors (Lipinski definition) is 3. The van der Waals surface area contributed by atoms with Gasteiger partial charge in [0.15, 0.2) is 6.29 Å². The Hall–Kier alpha value is -2.30. The topological polar surface area (TPSA) is 72.4 Å². The molecule has 0 aliphatic heterocycles. The minimum Gasteiger partial charge on any atom is -0.475 e. The molecule has 0 amide bonds. The van der Waals surface area contributed by atoms with Gasteiger partial charge < -0.3 is 14.1 Å². The number of aryl methyl sites for hydroxylation is 2. The number of rotatable bonds is 5. The van der Waals surface area contributed by atoms with E-state index < -0.39 is 5.97 Å². The molecule has 0 saturated carbocycles. The van der Waals surface area contributed by atoms with Crippen molar-refractivity contribution in [2.45, 2.75) is 26.8 Å². The first-order valence-electron chi connectivity index (χ1n) is 6.03. The number of aromatic carboxylic acids is 1. The molecule has 0 aliphatic carbocycles. The van der Waals surface area contributed by atoms with Gasteiger partial charge in [0.2, 0.25) is 5.76 Å². The Kier molecular flexibility index (Phi) is 3.55. The molecule has 1 N–H and O–H groups in total. The van der Waals surface area contributed by atoms with Crippen molar-refractivity contribution in [1.29, 1.82) is 0 Å². The van der Waals surface area contributed by atoms with Crippen LogP contribution in [0.5, 0.6) is 0 Å². The number of aldehydes is 1. The van der Waals surface area contributed by atoms with Gasteiger partial charge in [0, 0.05) is 5.69 Å². The molecule has 2 aromatic rings. The average Bonchev–Trinajstić information content (AvgIpc) is 2.95. The van der Waals surface area contributed by atoms with Crippen LogP contribution >= 0.6 is 0 Å². The van der Waals surface area contributed by atoms with Gasteiger partial charge in [-0.15, -0.1) is 0 Å². The summed E-state index contributed by atoms with van der Waals surface area (Å²) in [5.74, 6) is -0.676. The van der Waals surface area contributed by atoms with E-state index in [0.29, 0.717) is 18.0 Å². The van der Waals surface area contributed by atoms with E-state index in [9.17, 15) is 9.59 Å². The number of carboxylic acids is 1. The quantitative estimate of drug-likeness (QED) is 0.839. The molecule has 0 aliphatic rings. The van der Waals surface area contributed by atoms with Crippen LogP contribution in [0, 0.1) is 6.92 Å². The molecule has 5 nitrogen and oxygen atoms in total. The number of carbonyl (C=O) groups is 2. The number of hydrogen-bond donors (Lipinski definition) is 1. The van der Waals surface area contributed by atoms with Crippen molar-refractivity contribution in [3.8, 4) is 0 Å². The Morgan fingerprint density at radius 3 is 2.74 bits per heavy atom. The first-order chi connectivity index (χ1) is 9.06. The summed E-state index contributed by atoms with van der Waals surface area (Å²) in [5, 5.41) is 8.81. The van der Waals surface area contributed by atoms with Crippen molar-refractivity contribution in [1.82, 2.24) is 4.57 Å². The van der Waals surface area contributed by atoms with Crippen LogP contribution in [0.3, 0.4) is 0 Å². The van der Waals surface area contributed by atoms with E-state index in [1.54, 1.807) is 6.07 Å². The van der Waals surface area contributed by atoms with Crippen molar-refractivity contribution in [2.24, 2.45) is 0 Å². The monoisotopic (exact) mass is 261 g/mol. The van der Waals surface area contributed by atoms with Crippen molar-refractivity contribution >= 4 is 12.3 Å². The third kappa shape index (κ3) is 2.45. The number of carboxylic acid groups (broad SMARTS) is 1. The lowest BCUT2D eigenvalue weighted by atomic mass is 10.2. The Bertz CT molecular complexity index is 621. The van der Waals surface area contributed by atoms with E-state index in [4.69, 9.17) is 9.52 Å². The number of furan rings is 1. The van der Waals surface area contributed by atoms with Gasteiger partial charge in [-0.05, 0) is 37.1 Å². The summed E-state index contributed by atoms with van der Waals surface area (Å²) in [5.41, 5.74) is 2.55. The summed E-state index contributed by atoms with van der Waals surface area (Å²) in [7, 11) is 0. The first kappa shape index (κ1) is 13.1. The number of carbonyl (C=O) groups excluding carboxylic acids is 1. The maximum Gasteiger partial charge on any atom is 0.371 e. The molecule has 2 heterocycles. The summed E-state index contributed by atoms with van der Waals surface area (Å²) in [6.07, 6.45) is 1.60. The van der Waals surface area contributed by atoms with Gasteiger partial charge in [-0.3, -0.25) is 4.79 Å². The lowest BCUT2D eigenvalue weighted by Gasteiger charge is -2.06. The maximum atomic E-state index is 11.2. The summed E-state index contributed by atoms with van der Waals surface area (Å²) in [6, 6.07) is 4.99. The van der Waals surface area contributed by atoms with Gasteiger partial charge in [-0.25, -0.2) is 4.79 Å². The summed E-state index contributed by atoms with van der Waals surface area (Å²) in [6.45, 7) is 4.25. The highest BCUT2D eigenvalue weighted by molar-refractivity contribution is 5.84. The Morgan fingerprint density at radius 2 is 2.21 bits per heavy atom. The van der Waals surface area contributed by atoms with Gasteiger partial charge in [-0.2, -0.15) is 0 Å². The molecule has 19 heavy (non-hydrogen) atoms. The fourth-order valence-corrected chi connectivity index (χ4v) is 2.13. The summed E-state index contributed by atoms with van der Waals surface area (Å²) in [4.78, 5) is 21.9. The van der Waals surface area contributed by atoms with Gasteiger partial charge in [0.25, 0.3) is 0 Å². The van der Waals surface area contributed by atoms with Crippen LogP contribution in [0.25, 0.3) is 0 Å². The second kappa shape index (κ2) is 5.14. The third-order valence-corrected chi connectivity index (χ3v) is 3.11. The van der Waals surface area contributed by atoms with Crippen molar-refractivity contribution in [3.05, 3.63) is 46.7 Å². The highest BCUT2D eigenvalue weighted by Crippen LogP contribution is 2.18. The van der Waals surface area contributed by atoms with Crippen LogP contribution in [-0.2, 0) is 13.0 Å². The summed E-state index contributed by atoms with van der Waals surface area (Å²) >= 11 is 0. The first-order valence-corrected chi connectivity index (χ1v) is 6.03. The second-order valence-corrected chi connectivity index (χ2v) is 4.32. The highest BCUT2D eigenvalue weighted by atomic mass is 16.4. The molecular weight excluding hydrogens is 246 g/mol. The minimum atomic E-state index is -1.10. The van der Waals surface area contributed by atoms with Crippen LogP contribution in [0.4, 0.5) is 0 Å². The van der Waals surface area contributed by atoms with Gasteiger partial charge in [-0.1, -0.05) is 6.92 Å². The maximum absolute atomic E-state index is 11.2. The molecule has 2 rings (SSSR count). The molecule has 100 valence electrons. The van der Waals surface area contributed by atoms with E-state index in [2.05, 4.69) is 0 Å². The number of nitrogens with zero attached hydrogens (tertiary/aromatic N) is 1. The van der Waals surface area contributed by atoms with Crippen molar-refractivity contribution in [2.75, 3.05) is 0 Å². The van der Waals surface area contributed by atoms with Gasteiger partial charge >= 0.3 is 5.97 Å². The fraction of sp³-hybridized carbons (Fsp3) is 0.286. The second-order valence-electron chi connectivity index (χ2n) is 4.32.